The first-order valence-electron chi connectivity index (χ1n) is 10.3. The van der Waals surface area contributed by atoms with Crippen LogP contribution in [0, 0.1) is 0 Å². The van der Waals surface area contributed by atoms with E-state index in [1.165, 1.54) is 30.3 Å². The van der Waals surface area contributed by atoms with Gasteiger partial charge in [-0.1, -0.05) is 31.4 Å². The van der Waals surface area contributed by atoms with Crippen LogP contribution in [0.1, 0.15) is 11.1 Å². The molecule has 0 spiro atoms. The maximum atomic E-state index is 14.3. The van der Waals surface area contributed by atoms with Gasteiger partial charge in [-0.25, -0.2) is 9.59 Å². The molecule has 0 aliphatic rings. The summed E-state index contributed by atoms with van der Waals surface area (Å²) in [4.78, 5) is 22.9. The minimum Gasteiger partial charge on any atom is -0.455 e. The molecule has 190 valence electrons. The summed E-state index contributed by atoms with van der Waals surface area (Å²) in [6.45, 7) is 6.36. The Labute approximate surface area is 204 Å². The molecule has 0 N–H and O–H groups in total. The van der Waals surface area contributed by atoms with E-state index >= 15 is 0 Å². The average Bonchev–Trinajstić information content (AvgIpc) is 3.20. The van der Waals surface area contributed by atoms with Gasteiger partial charge in [0.15, 0.2) is 5.58 Å². The number of hydrogen-bond acceptors (Lipinski definition) is 5. The van der Waals surface area contributed by atoms with Gasteiger partial charge in [0.1, 0.15) is 28.2 Å². The third-order valence-electron chi connectivity index (χ3n) is 5.27. The van der Waals surface area contributed by atoms with Crippen molar-refractivity contribution in [1.29, 1.82) is 0 Å². The van der Waals surface area contributed by atoms with Gasteiger partial charge in [-0.3, -0.25) is 0 Å². The van der Waals surface area contributed by atoms with Gasteiger partial charge in [-0.2, -0.15) is 26.3 Å². The molecule has 37 heavy (non-hydrogen) atoms. The maximum Gasteiger partial charge on any atom is 0.423 e. The first kappa shape index (κ1) is 25.5. The molecule has 0 atom stereocenters. The Morgan fingerprint density at radius 2 is 1.22 bits per heavy atom. The van der Waals surface area contributed by atoms with Gasteiger partial charge in [-0.15, -0.1) is 0 Å². The van der Waals surface area contributed by atoms with Crippen molar-refractivity contribution in [2.24, 2.45) is 0 Å². The van der Waals surface area contributed by atoms with Crippen LogP contribution in [0.4, 0.5) is 26.3 Å². The topological polar surface area (TPSA) is 65.7 Å². The molecular weight excluding hydrogens is 506 g/mol. The summed E-state index contributed by atoms with van der Waals surface area (Å²) in [6.07, 6.45) is -8.62. The number of hydrogen-bond donors (Lipinski definition) is 0. The fraction of sp³-hybridized carbons (Fsp3) is 0.0769. The van der Waals surface area contributed by atoms with Crippen LogP contribution in [0.15, 0.2) is 78.3 Å². The zero-order chi connectivity index (χ0) is 27.1. The standard InChI is InChI=1S/C26H14F6O5/c1-3-19(33)35-14-7-5-13(6-8-14)15-9-10-16-17-11-12-18(36-20(34)4-2)22(26(30,31)32)24(17)37-23(16)21(15)25(27,28)29/h3-12H,1-2H2. The number of esters is 2. The summed E-state index contributed by atoms with van der Waals surface area (Å²) in [7, 11) is 0. The Balaban J connectivity index is 1.99. The van der Waals surface area contributed by atoms with Crippen LogP contribution in [-0.4, -0.2) is 11.9 Å². The predicted molar refractivity (Wildman–Crippen MR) is 121 cm³/mol. The molecule has 0 amide bonds. The zero-order valence-corrected chi connectivity index (χ0v) is 18.5. The molecule has 0 saturated heterocycles. The van der Waals surface area contributed by atoms with Crippen molar-refractivity contribution >= 4 is 33.9 Å². The number of carbonyl (C=O) groups is 2. The van der Waals surface area contributed by atoms with Crippen molar-refractivity contribution in [3.8, 4) is 22.6 Å². The van der Waals surface area contributed by atoms with E-state index < -0.39 is 52.3 Å². The van der Waals surface area contributed by atoms with Gasteiger partial charge in [0.05, 0.1) is 0 Å². The van der Waals surface area contributed by atoms with E-state index in [-0.39, 0.29) is 27.6 Å². The SMILES string of the molecule is C=CC(=O)Oc1ccc(-c2ccc3c(oc4c(C(F)(F)F)c(OC(=O)C=C)ccc43)c2C(F)(F)F)cc1. The largest absolute Gasteiger partial charge is 0.455 e. The van der Waals surface area contributed by atoms with E-state index in [4.69, 9.17) is 9.15 Å². The third-order valence-corrected chi connectivity index (χ3v) is 5.27. The lowest BCUT2D eigenvalue weighted by Crippen LogP contribution is -2.12. The van der Waals surface area contributed by atoms with Crippen molar-refractivity contribution in [3.63, 3.8) is 0 Å². The zero-order valence-electron chi connectivity index (χ0n) is 18.5. The molecule has 1 heterocycles. The van der Waals surface area contributed by atoms with Crippen molar-refractivity contribution in [3.05, 3.63) is 85.0 Å². The van der Waals surface area contributed by atoms with Crippen molar-refractivity contribution in [2.75, 3.05) is 0 Å². The monoisotopic (exact) mass is 520 g/mol. The number of benzene rings is 3. The Hall–Kier alpha value is -4.54. The molecule has 5 nitrogen and oxygen atoms in total. The molecule has 1 aromatic heterocycles. The van der Waals surface area contributed by atoms with Crippen LogP contribution in [0.3, 0.4) is 0 Å². The molecule has 0 aliphatic heterocycles. The Morgan fingerprint density at radius 1 is 0.703 bits per heavy atom. The summed E-state index contributed by atoms with van der Waals surface area (Å²) >= 11 is 0. The highest BCUT2D eigenvalue weighted by molar-refractivity contribution is 6.09. The number of ether oxygens (including phenoxy) is 2. The highest BCUT2D eigenvalue weighted by atomic mass is 19.4. The molecule has 11 heteroatoms. The molecule has 0 aliphatic carbocycles. The molecule has 3 aromatic carbocycles. The fourth-order valence-corrected chi connectivity index (χ4v) is 3.77. The number of carbonyl (C=O) groups excluding carboxylic acids is 2. The lowest BCUT2D eigenvalue weighted by molar-refractivity contribution is -0.140. The van der Waals surface area contributed by atoms with E-state index in [9.17, 15) is 35.9 Å². The van der Waals surface area contributed by atoms with E-state index in [0.717, 1.165) is 24.3 Å². The second-order valence-corrected chi connectivity index (χ2v) is 7.55. The first-order chi connectivity index (χ1) is 17.3. The first-order valence-corrected chi connectivity index (χ1v) is 10.3. The van der Waals surface area contributed by atoms with Gasteiger partial charge in [0.25, 0.3) is 0 Å². The van der Waals surface area contributed by atoms with Crippen molar-refractivity contribution in [1.82, 2.24) is 0 Å². The van der Waals surface area contributed by atoms with Crippen LogP contribution in [0.25, 0.3) is 33.1 Å². The van der Waals surface area contributed by atoms with Crippen molar-refractivity contribution in [2.45, 2.75) is 12.4 Å². The van der Waals surface area contributed by atoms with Crippen LogP contribution < -0.4 is 9.47 Å². The number of rotatable bonds is 5. The summed E-state index contributed by atoms with van der Waals surface area (Å²) in [5, 5.41) is -0.487. The van der Waals surface area contributed by atoms with Crippen LogP contribution in [0.2, 0.25) is 0 Å². The summed E-state index contributed by atoms with van der Waals surface area (Å²) in [5.41, 5.74) is -4.96. The number of furan rings is 1. The highest BCUT2D eigenvalue weighted by Gasteiger charge is 2.42. The van der Waals surface area contributed by atoms with Gasteiger partial charge in [0, 0.05) is 22.9 Å². The smallest absolute Gasteiger partial charge is 0.423 e. The quantitative estimate of drug-likeness (QED) is 0.118. The predicted octanol–water partition coefficient (Wildman–Crippen LogP) is 7.47. The van der Waals surface area contributed by atoms with E-state index in [1.807, 2.05) is 0 Å². The Kier molecular flexibility index (Phi) is 6.32. The fourth-order valence-electron chi connectivity index (χ4n) is 3.77. The van der Waals surface area contributed by atoms with Gasteiger partial charge >= 0.3 is 24.3 Å². The lowest BCUT2D eigenvalue weighted by Gasteiger charge is -2.14. The van der Waals surface area contributed by atoms with E-state index in [2.05, 4.69) is 17.9 Å². The number of fused-ring (bicyclic) bond motifs is 3. The molecule has 4 rings (SSSR count). The second-order valence-electron chi connectivity index (χ2n) is 7.55. The van der Waals surface area contributed by atoms with E-state index in [0.29, 0.717) is 6.08 Å². The molecule has 0 unspecified atom stereocenters. The molecule has 0 bridgehead atoms. The van der Waals surface area contributed by atoms with Crippen molar-refractivity contribution < 1.29 is 49.8 Å². The minimum atomic E-state index is -5.13. The van der Waals surface area contributed by atoms with Crippen LogP contribution >= 0.6 is 0 Å². The Morgan fingerprint density at radius 3 is 1.76 bits per heavy atom. The van der Waals surface area contributed by atoms with Gasteiger partial charge in [-0.05, 0) is 41.5 Å². The van der Waals surface area contributed by atoms with E-state index in [1.54, 1.807) is 0 Å². The highest BCUT2D eigenvalue weighted by Crippen LogP contribution is 2.48. The Bertz CT molecular complexity index is 1560. The maximum absolute atomic E-state index is 14.3. The normalized spacial score (nSPS) is 11.9. The third kappa shape index (κ3) is 4.80. The second kappa shape index (κ2) is 9.16. The minimum absolute atomic E-state index is 0.0322. The summed E-state index contributed by atoms with van der Waals surface area (Å²) in [5.74, 6) is -2.86. The molecule has 0 radical (unpaired) electrons. The number of halogens is 6. The van der Waals surface area contributed by atoms with Crippen LogP contribution in [-0.2, 0) is 21.9 Å². The van der Waals surface area contributed by atoms with Gasteiger partial charge < -0.3 is 13.9 Å². The van der Waals surface area contributed by atoms with Crippen LogP contribution in [0.5, 0.6) is 11.5 Å². The molecular formula is C26H14F6O5. The molecule has 0 fully saturated rings. The molecule has 0 saturated carbocycles. The number of alkyl halides is 6. The summed E-state index contributed by atoms with van der Waals surface area (Å²) < 4.78 is 99.5. The average molecular weight is 520 g/mol. The lowest BCUT2D eigenvalue weighted by atomic mass is 9.96. The van der Waals surface area contributed by atoms with Gasteiger partial charge in [0.2, 0.25) is 0 Å². The summed E-state index contributed by atoms with van der Waals surface area (Å²) in [6, 6.07) is 9.20. The molecule has 4 aromatic rings.